The van der Waals surface area contributed by atoms with Crippen molar-refractivity contribution in [3.8, 4) is 0 Å². The maximum Gasteiger partial charge on any atom is 0.468 e. The van der Waals surface area contributed by atoms with E-state index in [9.17, 15) is 0 Å². The average Bonchev–Trinajstić information content (AvgIpc) is 2.44. The molecule has 2 atom stereocenters. The predicted molar refractivity (Wildman–Crippen MR) is 106 cm³/mol. The van der Waals surface area contributed by atoms with Crippen LogP contribution in [0.4, 0.5) is 0 Å². The van der Waals surface area contributed by atoms with Crippen molar-refractivity contribution in [2.75, 3.05) is 19.9 Å². The molecule has 128 valence electrons. The summed E-state index contributed by atoms with van der Waals surface area (Å²) in [5.74, 6) is 0. The van der Waals surface area contributed by atoms with Gasteiger partial charge in [-0.1, -0.05) is 19.6 Å². The molecule has 0 radical (unpaired) electrons. The van der Waals surface area contributed by atoms with Gasteiger partial charge in [-0.25, -0.2) is 0 Å². The molecule has 0 aromatic heterocycles. The molecule has 11 heteroatoms. The maximum atomic E-state index is 6.06. The normalized spacial score (nSPS) is 18.1. The van der Waals surface area contributed by atoms with E-state index in [1.807, 2.05) is 6.66 Å². The van der Waals surface area contributed by atoms with Crippen LogP contribution < -0.4 is 0 Å². The summed E-state index contributed by atoms with van der Waals surface area (Å²) in [4.78, 5) is 0. The van der Waals surface area contributed by atoms with E-state index in [0.29, 0.717) is 8.81 Å². The molecule has 0 N–H and O–H groups in total. The monoisotopic (exact) mass is 404 g/mol. The van der Waals surface area contributed by atoms with Crippen LogP contribution in [-0.2, 0) is 21.3 Å². The summed E-state index contributed by atoms with van der Waals surface area (Å²) in [5, 5.41) is 0. The third kappa shape index (κ3) is 11.5. The van der Waals surface area contributed by atoms with Crippen molar-refractivity contribution < 1.29 is 21.3 Å². The molecule has 0 aliphatic heterocycles. The fraction of sp³-hybridized carbons (Fsp3) is 1.00. The fourth-order valence-electron chi connectivity index (χ4n) is 2.08. The van der Waals surface area contributed by atoms with E-state index in [-0.39, 0.29) is 0 Å². The second-order valence-corrected chi connectivity index (χ2v) is 14.9. The summed E-state index contributed by atoms with van der Waals surface area (Å²) in [6.07, 6.45) is 1.12. The molecule has 2 unspecified atom stereocenters. The van der Waals surface area contributed by atoms with Crippen molar-refractivity contribution in [3.05, 3.63) is 0 Å². The Bertz CT molecular complexity index is 225. The minimum Gasteiger partial charge on any atom is -0.423 e. The predicted octanol–water partition coefficient (Wildman–Crippen LogP) is 0.371. The van der Waals surface area contributed by atoms with Crippen molar-refractivity contribution in [2.24, 2.45) is 0 Å². The van der Waals surface area contributed by atoms with Crippen LogP contribution in [0.2, 0.25) is 38.3 Å². The Labute approximate surface area is 142 Å². The van der Waals surface area contributed by atoms with Crippen LogP contribution in [0.3, 0.4) is 0 Å². The highest BCUT2D eigenvalue weighted by Crippen LogP contribution is 2.19. The van der Waals surface area contributed by atoms with E-state index in [2.05, 4.69) is 26.2 Å². The zero-order valence-corrected chi connectivity index (χ0v) is 21.7. The SMILES string of the molecule is C[SiH2]O[Si](CCC[SiH](C)OCCOPC)(O[SiH2]C)O[SiH2]C. The lowest BCUT2D eigenvalue weighted by molar-refractivity contribution is 0.235. The molecule has 21 heavy (non-hydrogen) atoms. The zero-order chi connectivity index (χ0) is 16.0. The lowest BCUT2D eigenvalue weighted by Crippen LogP contribution is -2.47. The molecule has 0 aliphatic carbocycles. The van der Waals surface area contributed by atoms with Crippen LogP contribution in [0.25, 0.3) is 0 Å². The molecule has 5 nitrogen and oxygen atoms in total. The largest absolute Gasteiger partial charge is 0.468 e. The Morgan fingerprint density at radius 2 is 1.57 bits per heavy atom. The highest BCUT2D eigenvalue weighted by Gasteiger charge is 2.37. The first-order chi connectivity index (χ1) is 10.1. The third-order valence-electron chi connectivity index (χ3n) is 2.92. The number of hydrogen-bond donors (Lipinski definition) is 0. The first-order valence-electron chi connectivity index (χ1n) is 7.96. The van der Waals surface area contributed by atoms with Crippen LogP contribution >= 0.6 is 8.81 Å². The molecule has 0 spiro atoms. The molecular formula is C10H33O5PSi5. The fourth-order valence-corrected chi connectivity index (χ4v) is 15.1. The molecule has 0 aromatic carbocycles. The molecule has 0 bridgehead atoms. The molecule has 0 rings (SSSR count). The molecule has 0 amide bonds. The summed E-state index contributed by atoms with van der Waals surface area (Å²) in [7, 11) is -4.23. The Kier molecular flexibility index (Phi) is 15.8. The van der Waals surface area contributed by atoms with E-state index in [0.717, 1.165) is 25.7 Å². The van der Waals surface area contributed by atoms with Crippen molar-refractivity contribution in [1.82, 2.24) is 0 Å². The Balaban J connectivity index is 4.04. The topological polar surface area (TPSA) is 46.2 Å². The van der Waals surface area contributed by atoms with Crippen molar-refractivity contribution >= 4 is 55.9 Å². The van der Waals surface area contributed by atoms with Crippen molar-refractivity contribution in [2.45, 2.75) is 44.7 Å². The van der Waals surface area contributed by atoms with Crippen LogP contribution in [0.5, 0.6) is 0 Å². The summed E-state index contributed by atoms with van der Waals surface area (Å²) in [6, 6.07) is 2.16. The van der Waals surface area contributed by atoms with Gasteiger partial charge in [-0.15, -0.1) is 0 Å². The smallest absolute Gasteiger partial charge is 0.423 e. The van der Waals surface area contributed by atoms with E-state index in [1.165, 1.54) is 6.04 Å². The van der Waals surface area contributed by atoms with Crippen LogP contribution in [0.15, 0.2) is 0 Å². The van der Waals surface area contributed by atoms with E-state index >= 15 is 0 Å². The highest BCUT2D eigenvalue weighted by atomic mass is 31.1. The average molecular weight is 405 g/mol. The molecule has 0 aliphatic rings. The van der Waals surface area contributed by atoms with Crippen LogP contribution in [0, 0.1) is 0 Å². The van der Waals surface area contributed by atoms with Gasteiger partial charge in [0.15, 0.2) is 9.04 Å². The van der Waals surface area contributed by atoms with Gasteiger partial charge in [0.25, 0.3) is 0 Å². The Morgan fingerprint density at radius 1 is 1.00 bits per heavy atom. The number of rotatable bonds is 15. The lowest BCUT2D eigenvalue weighted by atomic mass is 10.6. The van der Waals surface area contributed by atoms with Gasteiger partial charge >= 0.3 is 8.80 Å². The summed E-state index contributed by atoms with van der Waals surface area (Å²) in [6.45, 7) is 12.3. The second kappa shape index (κ2) is 14.9. The van der Waals surface area contributed by atoms with Gasteiger partial charge in [0.2, 0.25) is 0 Å². The third-order valence-corrected chi connectivity index (χ3v) is 15.1. The molecular weight excluding hydrogens is 372 g/mol. The second-order valence-electron chi connectivity index (χ2n) is 4.61. The van der Waals surface area contributed by atoms with Gasteiger partial charge in [-0.2, -0.15) is 0 Å². The van der Waals surface area contributed by atoms with Gasteiger partial charge in [-0.05, 0) is 25.7 Å². The van der Waals surface area contributed by atoms with Crippen LogP contribution in [0.1, 0.15) is 6.42 Å². The first-order valence-corrected chi connectivity index (χ1v) is 19.7. The standard InChI is InChI=1S/C10H33O5PSi5/c1-16-11-7-8-12-20(5)9-6-10-21(13-17-2,14-18-3)15-19-4/h16,20H,6-10,17-19H2,1-5H3. The highest BCUT2D eigenvalue weighted by molar-refractivity contribution is 7.31. The molecule has 0 fully saturated rings. The molecule has 0 saturated heterocycles. The molecule has 0 saturated carbocycles. The Morgan fingerprint density at radius 3 is 2.05 bits per heavy atom. The maximum absolute atomic E-state index is 6.06. The van der Waals surface area contributed by atoms with E-state index in [4.69, 9.17) is 21.3 Å². The lowest BCUT2D eigenvalue weighted by Gasteiger charge is -2.30. The van der Waals surface area contributed by atoms with Crippen molar-refractivity contribution in [1.29, 1.82) is 0 Å². The summed E-state index contributed by atoms with van der Waals surface area (Å²) >= 11 is 0. The van der Waals surface area contributed by atoms with Gasteiger partial charge < -0.3 is 21.3 Å². The van der Waals surface area contributed by atoms with Gasteiger partial charge in [-0.3, -0.25) is 0 Å². The first kappa shape index (κ1) is 22.3. The van der Waals surface area contributed by atoms with Gasteiger partial charge in [0, 0.05) is 14.9 Å². The van der Waals surface area contributed by atoms with Gasteiger partial charge in [0.05, 0.1) is 13.2 Å². The van der Waals surface area contributed by atoms with E-state index in [1.54, 1.807) is 0 Å². The minimum absolute atomic E-state index is 0.477. The molecule has 0 heterocycles. The summed E-state index contributed by atoms with van der Waals surface area (Å²) < 4.78 is 29.4. The Hall–Kier alpha value is 1.31. The summed E-state index contributed by atoms with van der Waals surface area (Å²) in [5.41, 5.74) is 0. The zero-order valence-electron chi connectivity index (χ0n) is 14.3. The van der Waals surface area contributed by atoms with Gasteiger partial charge in [0.1, 0.15) is 29.3 Å². The van der Waals surface area contributed by atoms with Crippen molar-refractivity contribution in [3.63, 3.8) is 0 Å². The molecule has 0 aromatic rings. The van der Waals surface area contributed by atoms with Crippen LogP contribution in [-0.4, -0.2) is 67.0 Å². The number of hydrogen-bond acceptors (Lipinski definition) is 5. The quantitative estimate of drug-likeness (QED) is 0.224. The minimum atomic E-state index is -2.28. The van der Waals surface area contributed by atoms with E-state index < -0.39 is 47.1 Å².